The number of carboxylic acids is 1. The standard InChI is InChI=1S/C12H22N2O3/c1-8(2)6-9(3)14-11(17)13-7-12(4-5-12)10(15)16/h8-9H,4-7H2,1-3H3,(H,15,16)(H2,13,14,17). The minimum Gasteiger partial charge on any atom is -0.481 e. The van der Waals surface area contributed by atoms with Gasteiger partial charge >= 0.3 is 12.0 Å². The first kappa shape index (κ1) is 13.8. The quantitative estimate of drug-likeness (QED) is 0.661. The van der Waals surface area contributed by atoms with E-state index in [0.717, 1.165) is 6.42 Å². The van der Waals surface area contributed by atoms with Crippen LogP contribution in [0.15, 0.2) is 0 Å². The van der Waals surface area contributed by atoms with E-state index in [2.05, 4.69) is 24.5 Å². The van der Waals surface area contributed by atoms with Gasteiger partial charge in [0.2, 0.25) is 0 Å². The van der Waals surface area contributed by atoms with Gasteiger partial charge in [-0.15, -0.1) is 0 Å². The number of aliphatic carboxylic acids is 1. The van der Waals surface area contributed by atoms with Gasteiger partial charge in [0.25, 0.3) is 0 Å². The van der Waals surface area contributed by atoms with Crippen LogP contribution in [0.4, 0.5) is 4.79 Å². The van der Waals surface area contributed by atoms with Gasteiger partial charge < -0.3 is 15.7 Å². The van der Waals surface area contributed by atoms with E-state index >= 15 is 0 Å². The Kier molecular flexibility index (Phi) is 4.37. The molecule has 0 radical (unpaired) electrons. The zero-order valence-corrected chi connectivity index (χ0v) is 10.7. The van der Waals surface area contributed by atoms with E-state index < -0.39 is 11.4 Å². The molecule has 0 saturated heterocycles. The predicted octanol–water partition coefficient (Wildman–Crippen LogP) is 1.58. The normalized spacial score (nSPS) is 18.6. The third-order valence-corrected chi connectivity index (χ3v) is 3.10. The van der Waals surface area contributed by atoms with Crippen LogP contribution in [0.1, 0.15) is 40.0 Å². The molecule has 5 heteroatoms. The highest BCUT2D eigenvalue weighted by molar-refractivity contribution is 5.80. The van der Waals surface area contributed by atoms with Crippen LogP contribution < -0.4 is 10.6 Å². The number of nitrogens with one attached hydrogen (secondary N) is 2. The first-order chi connectivity index (χ1) is 7.85. The van der Waals surface area contributed by atoms with Crippen molar-refractivity contribution >= 4 is 12.0 Å². The average molecular weight is 242 g/mol. The van der Waals surface area contributed by atoms with E-state index in [9.17, 15) is 9.59 Å². The second-order valence-corrected chi connectivity index (χ2v) is 5.44. The van der Waals surface area contributed by atoms with E-state index in [1.54, 1.807) is 0 Å². The molecule has 17 heavy (non-hydrogen) atoms. The summed E-state index contributed by atoms with van der Waals surface area (Å²) in [5, 5.41) is 14.4. The monoisotopic (exact) mass is 242 g/mol. The van der Waals surface area contributed by atoms with Crippen molar-refractivity contribution < 1.29 is 14.7 Å². The lowest BCUT2D eigenvalue weighted by Crippen LogP contribution is -2.44. The lowest BCUT2D eigenvalue weighted by atomic mass is 10.1. The van der Waals surface area contributed by atoms with Crippen LogP contribution in [0.2, 0.25) is 0 Å². The lowest BCUT2D eigenvalue weighted by molar-refractivity contribution is -0.143. The summed E-state index contributed by atoms with van der Waals surface area (Å²) >= 11 is 0. The number of urea groups is 1. The summed E-state index contributed by atoms with van der Waals surface area (Å²) in [4.78, 5) is 22.4. The van der Waals surface area contributed by atoms with Gasteiger partial charge in [0.05, 0.1) is 5.41 Å². The molecular weight excluding hydrogens is 220 g/mol. The Morgan fingerprint density at radius 2 is 1.88 bits per heavy atom. The highest BCUT2D eigenvalue weighted by Gasteiger charge is 2.50. The van der Waals surface area contributed by atoms with Gasteiger partial charge in [-0.3, -0.25) is 4.79 Å². The lowest BCUT2D eigenvalue weighted by Gasteiger charge is -2.17. The molecule has 1 aliphatic rings. The van der Waals surface area contributed by atoms with Crippen molar-refractivity contribution in [3.63, 3.8) is 0 Å². The maximum absolute atomic E-state index is 11.5. The number of carbonyl (C=O) groups is 2. The van der Waals surface area contributed by atoms with Gasteiger partial charge in [0.1, 0.15) is 0 Å². The van der Waals surface area contributed by atoms with Crippen molar-refractivity contribution in [2.75, 3.05) is 6.54 Å². The number of hydrogen-bond acceptors (Lipinski definition) is 2. The Morgan fingerprint density at radius 1 is 1.29 bits per heavy atom. The van der Waals surface area contributed by atoms with Gasteiger partial charge in [0.15, 0.2) is 0 Å². The zero-order chi connectivity index (χ0) is 13.1. The fraction of sp³-hybridized carbons (Fsp3) is 0.833. The van der Waals surface area contributed by atoms with Crippen molar-refractivity contribution in [1.82, 2.24) is 10.6 Å². The first-order valence-electron chi connectivity index (χ1n) is 6.13. The molecule has 0 aromatic rings. The van der Waals surface area contributed by atoms with E-state index in [-0.39, 0.29) is 18.6 Å². The summed E-state index contributed by atoms with van der Waals surface area (Å²) in [6.07, 6.45) is 2.23. The topological polar surface area (TPSA) is 78.4 Å². The van der Waals surface area contributed by atoms with Gasteiger partial charge in [-0.25, -0.2) is 4.79 Å². The Morgan fingerprint density at radius 3 is 2.29 bits per heavy atom. The van der Waals surface area contributed by atoms with Crippen LogP contribution in [-0.4, -0.2) is 29.7 Å². The molecule has 0 aliphatic heterocycles. The molecule has 1 saturated carbocycles. The second kappa shape index (κ2) is 5.38. The molecule has 1 fully saturated rings. The number of rotatable bonds is 6. The summed E-state index contributed by atoms with van der Waals surface area (Å²) in [5.41, 5.74) is -0.696. The highest BCUT2D eigenvalue weighted by Crippen LogP contribution is 2.45. The third-order valence-electron chi connectivity index (χ3n) is 3.10. The Balaban J connectivity index is 2.24. The maximum Gasteiger partial charge on any atom is 0.315 e. The van der Waals surface area contributed by atoms with Crippen LogP contribution >= 0.6 is 0 Å². The van der Waals surface area contributed by atoms with Gasteiger partial charge in [-0.1, -0.05) is 13.8 Å². The number of carbonyl (C=O) groups excluding carboxylic acids is 1. The fourth-order valence-electron chi connectivity index (χ4n) is 1.91. The van der Waals surface area contributed by atoms with Crippen molar-refractivity contribution in [2.45, 2.75) is 46.1 Å². The summed E-state index contributed by atoms with van der Waals surface area (Å²) in [7, 11) is 0. The average Bonchev–Trinajstić information content (AvgIpc) is 2.93. The Hall–Kier alpha value is -1.26. The number of hydrogen-bond donors (Lipinski definition) is 3. The summed E-state index contributed by atoms with van der Waals surface area (Å²) in [5.74, 6) is -0.285. The smallest absolute Gasteiger partial charge is 0.315 e. The van der Waals surface area contributed by atoms with Crippen molar-refractivity contribution in [2.24, 2.45) is 11.3 Å². The van der Waals surface area contributed by atoms with Gasteiger partial charge in [-0.2, -0.15) is 0 Å². The molecule has 0 bridgehead atoms. The zero-order valence-electron chi connectivity index (χ0n) is 10.7. The Labute approximate surface area is 102 Å². The molecule has 1 unspecified atom stereocenters. The second-order valence-electron chi connectivity index (χ2n) is 5.44. The maximum atomic E-state index is 11.5. The Bertz CT molecular complexity index is 298. The van der Waals surface area contributed by atoms with E-state index in [0.29, 0.717) is 18.8 Å². The molecule has 2 amide bonds. The third kappa shape index (κ3) is 4.24. The summed E-state index contributed by atoms with van der Waals surface area (Å²) in [6.45, 7) is 6.37. The summed E-state index contributed by atoms with van der Waals surface area (Å²) < 4.78 is 0. The van der Waals surface area contributed by atoms with E-state index in [1.807, 2.05) is 6.92 Å². The minimum atomic E-state index is -0.812. The molecule has 0 heterocycles. The molecule has 0 spiro atoms. The molecule has 1 aliphatic carbocycles. The molecule has 3 N–H and O–H groups in total. The molecule has 5 nitrogen and oxygen atoms in total. The summed E-state index contributed by atoms with van der Waals surface area (Å²) in [6, 6.07) is -0.166. The van der Waals surface area contributed by atoms with Crippen molar-refractivity contribution in [1.29, 1.82) is 0 Å². The van der Waals surface area contributed by atoms with E-state index in [1.165, 1.54) is 0 Å². The van der Waals surface area contributed by atoms with Crippen LogP contribution in [0.3, 0.4) is 0 Å². The van der Waals surface area contributed by atoms with Crippen molar-refractivity contribution in [3.05, 3.63) is 0 Å². The SMILES string of the molecule is CC(C)CC(C)NC(=O)NCC1(C(=O)O)CC1. The van der Waals surface area contributed by atoms with Gasteiger partial charge in [-0.05, 0) is 32.1 Å². The predicted molar refractivity (Wildman–Crippen MR) is 64.8 cm³/mol. The van der Waals surface area contributed by atoms with Crippen LogP contribution in [-0.2, 0) is 4.79 Å². The van der Waals surface area contributed by atoms with Crippen molar-refractivity contribution in [3.8, 4) is 0 Å². The minimum absolute atomic E-state index is 0.106. The molecule has 1 atom stereocenters. The molecular formula is C12H22N2O3. The highest BCUT2D eigenvalue weighted by atomic mass is 16.4. The fourth-order valence-corrected chi connectivity index (χ4v) is 1.91. The van der Waals surface area contributed by atoms with Crippen LogP contribution in [0.5, 0.6) is 0 Å². The van der Waals surface area contributed by atoms with E-state index in [4.69, 9.17) is 5.11 Å². The number of carboxylic acid groups (broad SMARTS) is 1. The van der Waals surface area contributed by atoms with Gasteiger partial charge in [0, 0.05) is 12.6 Å². The molecule has 0 aromatic carbocycles. The largest absolute Gasteiger partial charge is 0.481 e. The molecule has 98 valence electrons. The molecule has 1 rings (SSSR count). The van der Waals surface area contributed by atoms with Crippen LogP contribution in [0, 0.1) is 11.3 Å². The first-order valence-corrected chi connectivity index (χ1v) is 6.13. The molecule has 0 aromatic heterocycles. The van der Waals surface area contributed by atoms with Crippen LogP contribution in [0.25, 0.3) is 0 Å². The number of amides is 2.